The van der Waals surface area contributed by atoms with Crippen molar-refractivity contribution in [2.45, 2.75) is 0 Å². The molecule has 1 aromatic carbocycles. The van der Waals surface area contributed by atoms with Gasteiger partial charge in [0, 0.05) is 57.8 Å². The van der Waals surface area contributed by atoms with Crippen LogP contribution < -0.4 is 14.7 Å². The number of aromatic nitrogens is 4. The van der Waals surface area contributed by atoms with Gasteiger partial charge in [-0.1, -0.05) is 0 Å². The summed E-state index contributed by atoms with van der Waals surface area (Å²) >= 11 is 0. The molecule has 0 unspecified atom stereocenters. The van der Waals surface area contributed by atoms with E-state index in [1.807, 2.05) is 25.1 Å². The molecule has 0 saturated carbocycles. The van der Waals surface area contributed by atoms with E-state index in [9.17, 15) is 4.39 Å². The summed E-state index contributed by atoms with van der Waals surface area (Å²) < 4.78 is 13.4. The number of anilines is 3. The molecule has 3 aromatic rings. The summed E-state index contributed by atoms with van der Waals surface area (Å²) in [5.41, 5.74) is 0.629. The molecule has 8 heteroatoms. The Kier molecular flexibility index (Phi) is 4.24. The second-order valence-electron chi connectivity index (χ2n) is 6.46. The van der Waals surface area contributed by atoms with Gasteiger partial charge >= 0.3 is 0 Å². The van der Waals surface area contributed by atoms with E-state index in [4.69, 9.17) is 0 Å². The molecular formula is C18H20FN7. The Bertz CT molecular complexity index is 922. The first-order valence-electron chi connectivity index (χ1n) is 8.51. The lowest BCUT2D eigenvalue weighted by atomic mass is 10.2. The number of fused-ring (bicyclic) bond motifs is 1. The van der Waals surface area contributed by atoms with Gasteiger partial charge in [0.2, 0.25) is 0 Å². The molecule has 1 aliphatic rings. The van der Waals surface area contributed by atoms with Crippen molar-refractivity contribution in [3.8, 4) is 0 Å². The molecule has 1 saturated heterocycles. The van der Waals surface area contributed by atoms with Gasteiger partial charge in [-0.2, -0.15) is 0 Å². The molecule has 0 aliphatic carbocycles. The second-order valence-corrected chi connectivity index (χ2v) is 6.46. The zero-order valence-corrected chi connectivity index (χ0v) is 14.8. The van der Waals surface area contributed by atoms with Crippen molar-refractivity contribution in [1.29, 1.82) is 0 Å². The van der Waals surface area contributed by atoms with Gasteiger partial charge in [0.1, 0.15) is 35.9 Å². The summed E-state index contributed by atoms with van der Waals surface area (Å²) in [7, 11) is 3.93. The highest BCUT2D eigenvalue weighted by molar-refractivity contribution is 5.89. The van der Waals surface area contributed by atoms with Crippen molar-refractivity contribution in [3.05, 3.63) is 42.7 Å². The molecule has 0 radical (unpaired) electrons. The minimum absolute atomic E-state index is 0.285. The minimum atomic E-state index is -0.285. The quantitative estimate of drug-likeness (QED) is 0.713. The average Bonchev–Trinajstić information content (AvgIpc) is 2.67. The molecule has 26 heavy (non-hydrogen) atoms. The zero-order valence-electron chi connectivity index (χ0n) is 14.8. The summed E-state index contributed by atoms with van der Waals surface area (Å²) in [5, 5.41) is 0.874. The molecule has 0 atom stereocenters. The number of benzene rings is 1. The van der Waals surface area contributed by atoms with Crippen LogP contribution in [0.4, 0.5) is 21.8 Å². The summed E-state index contributed by atoms with van der Waals surface area (Å²) in [6.07, 6.45) is 3.10. The first-order valence-corrected chi connectivity index (χ1v) is 8.51. The smallest absolute Gasteiger partial charge is 0.140 e. The summed E-state index contributed by atoms with van der Waals surface area (Å²) in [5.74, 6) is 2.39. The Morgan fingerprint density at radius 2 is 1.62 bits per heavy atom. The van der Waals surface area contributed by atoms with Gasteiger partial charge in [-0.3, -0.25) is 0 Å². The third-order valence-electron chi connectivity index (χ3n) is 4.58. The fourth-order valence-corrected chi connectivity index (χ4v) is 3.17. The molecule has 134 valence electrons. The van der Waals surface area contributed by atoms with Crippen LogP contribution in [-0.2, 0) is 0 Å². The third-order valence-corrected chi connectivity index (χ3v) is 4.58. The molecule has 7 nitrogen and oxygen atoms in total. The van der Waals surface area contributed by atoms with E-state index in [-0.39, 0.29) is 5.82 Å². The zero-order chi connectivity index (χ0) is 18.1. The first-order chi connectivity index (χ1) is 12.6. The highest BCUT2D eigenvalue weighted by Crippen LogP contribution is 2.25. The Hall–Kier alpha value is -3.03. The molecule has 1 aliphatic heterocycles. The highest BCUT2D eigenvalue weighted by atomic mass is 19.1. The van der Waals surface area contributed by atoms with E-state index in [1.165, 1.54) is 18.5 Å². The maximum atomic E-state index is 13.4. The van der Waals surface area contributed by atoms with Crippen molar-refractivity contribution in [3.63, 3.8) is 0 Å². The van der Waals surface area contributed by atoms with Crippen molar-refractivity contribution in [2.75, 3.05) is 55.0 Å². The van der Waals surface area contributed by atoms with E-state index in [0.717, 1.165) is 49.0 Å². The number of nitrogens with zero attached hydrogens (tertiary/aromatic N) is 7. The van der Waals surface area contributed by atoms with E-state index in [0.29, 0.717) is 5.52 Å². The highest BCUT2D eigenvalue weighted by Gasteiger charge is 2.21. The summed E-state index contributed by atoms with van der Waals surface area (Å²) in [6, 6.07) is 6.65. The monoisotopic (exact) mass is 353 g/mol. The lowest BCUT2D eigenvalue weighted by molar-refractivity contribution is 0.628. The van der Waals surface area contributed by atoms with E-state index in [2.05, 4.69) is 29.7 Å². The van der Waals surface area contributed by atoms with E-state index in [1.54, 1.807) is 12.4 Å². The van der Waals surface area contributed by atoms with Crippen LogP contribution in [0.5, 0.6) is 0 Å². The van der Waals surface area contributed by atoms with Gasteiger partial charge in [-0.15, -0.1) is 0 Å². The van der Waals surface area contributed by atoms with Gasteiger partial charge in [-0.05, 0) is 12.1 Å². The molecule has 0 spiro atoms. The number of rotatable bonds is 3. The van der Waals surface area contributed by atoms with Crippen molar-refractivity contribution in [1.82, 2.24) is 19.9 Å². The van der Waals surface area contributed by atoms with Gasteiger partial charge in [0.25, 0.3) is 0 Å². The minimum Gasteiger partial charge on any atom is -0.363 e. The van der Waals surface area contributed by atoms with Crippen LogP contribution in [0.2, 0.25) is 0 Å². The maximum absolute atomic E-state index is 13.4. The number of hydrogen-bond donors (Lipinski definition) is 0. The standard InChI is InChI=1S/C18H20FN7/c1-24(2)16-10-17(22-12-21-16)25-5-7-26(8-6-25)18-14-4-3-13(19)9-15(14)20-11-23-18/h3-4,9-12H,5-8H2,1-2H3. The normalized spacial score (nSPS) is 14.7. The van der Waals surface area contributed by atoms with Crippen molar-refractivity contribution in [2.24, 2.45) is 0 Å². The molecule has 1 fully saturated rings. The SMILES string of the molecule is CN(C)c1cc(N2CCN(c3ncnc4cc(F)ccc34)CC2)ncn1. The van der Waals surface area contributed by atoms with Crippen LogP contribution in [0.15, 0.2) is 36.9 Å². The predicted octanol–water partition coefficient (Wildman–Crippen LogP) is 1.95. The Morgan fingerprint density at radius 1 is 0.885 bits per heavy atom. The number of halogens is 1. The maximum Gasteiger partial charge on any atom is 0.140 e. The Morgan fingerprint density at radius 3 is 2.38 bits per heavy atom. The van der Waals surface area contributed by atoms with Crippen molar-refractivity contribution < 1.29 is 4.39 Å². The van der Waals surface area contributed by atoms with Crippen molar-refractivity contribution >= 4 is 28.4 Å². The summed E-state index contributed by atoms with van der Waals surface area (Å²) in [6.45, 7) is 3.28. The largest absolute Gasteiger partial charge is 0.363 e. The van der Waals surface area contributed by atoms with Crippen LogP contribution in [0.1, 0.15) is 0 Å². The van der Waals surface area contributed by atoms with Gasteiger partial charge in [-0.25, -0.2) is 24.3 Å². The van der Waals surface area contributed by atoms with E-state index >= 15 is 0 Å². The lowest BCUT2D eigenvalue weighted by Crippen LogP contribution is -2.47. The molecular weight excluding hydrogens is 333 g/mol. The Labute approximate surface area is 151 Å². The fourth-order valence-electron chi connectivity index (χ4n) is 3.17. The molecule has 0 amide bonds. The molecule has 4 rings (SSSR count). The number of hydrogen-bond acceptors (Lipinski definition) is 7. The van der Waals surface area contributed by atoms with E-state index < -0.39 is 0 Å². The molecule has 0 N–H and O–H groups in total. The lowest BCUT2D eigenvalue weighted by Gasteiger charge is -2.36. The summed E-state index contributed by atoms with van der Waals surface area (Å²) in [4.78, 5) is 23.7. The second kappa shape index (κ2) is 6.70. The predicted molar refractivity (Wildman–Crippen MR) is 100 cm³/mol. The number of piperazine rings is 1. The topological polar surface area (TPSA) is 61.3 Å². The first kappa shape index (κ1) is 16.4. The van der Waals surface area contributed by atoms with Crippen LogP contribution in [0.25, 0.3) is 10.9 Å². The van der Waals surface area contributed by atoms with Crippen LogP contribution >= 0.6 is 0 Å². The van der Waals surface area contributed by atoms with Gasteiger partial charge in [0.05, 0.1) is 5.52 Å². The average molecular weight is 353 g/mol. The molecule has 2 aromatic heterocycles. The molecule has 0 bridgehead atoms. The van der Waals surface area contributed by atoms with Crippen LogP contribution in [0.3, 0.4) is 0 Å². The van der Waals surface area contributed by atoms with Crippen LogP contribution in [0, 0.1) is 5.82 Å². The van der Waals surface area contributed by atoms with Gasteiger partial charge < -0.3 is 14.7 Å². The van der Waals surface area contributed by atoms with Crippen LogP contribution in [-0.4, -0.2) is 60.2 Å². The Balaban J connectivity index is 1.53. The fraction of sp³-hybridized carbons (Fsp3) is 0.333. The van der Waals surface area contributed by atoms with Gasteiger partial charge in [0.15, 0.2) is 0 Å². The third kappa shape index (κ3) is 3.10. The molecule has 3 heterocycles.